The fourth-order valence-electron chi connectivity index (χ4n) is 5.05. The molecule has 1 aromatic rings. The number of nitriles is 1. The van der Waals surface area contributed by atoms with E-state index in [9.17, 15) is 19.6 Å². The predicted octanol–water partition coefficient (Wildman–Crippen LogP) is 3.62. The van der Waals surface area contributed by atoms with Crippen LogP contribution in [0, 0.1) is 35.0 Å². The minimum absolute atomic E-state index is 0.0214. The fourth-order valence-corrected chi connectivity index (χ4v) is 6.42. The molecule has 1 N–H and O–H groups in total. The minimum Gasteiger partial charge on any atom is -0.455 e. The quantitative estimate of drug-likeness (QED) is 0.759. The van der Waals surface area contributed by atoms with Gasteiger partial charge in [0.25, 0.3) is 5.91 Å². The number of hydrogen-bond acceptors (Lipinski definition) is 6. The van der Waals surface area contributed by atoms with Crippen LogP contribution in [0.5, 0.6) is 0 Å². The highest BCUT2D eigenvalue weighted by molar-refractivity contribution is 7.16. The molecule has 2 saturated carbocycles. The van der Waals surface area contributed by atoms with Crippen molar-refractivity contribution in [1.29, 1.82) is 5.26 Å². The molecule has 0 aliphatic heterocycles. The summed E-state index contributed by atoms with van der Waals surface area (Å²) < 4.78 is 5.27. The molecule has 29 heavy (non-hydrogen) atoms. The molecule has 2 fully saturated rings. The molecule has 2 bridgehead atoms. The first-order valence-corrected chi connectivity index (χ1v) is 11.3. The van der Waals surface area contributed by atoms with Gasteiger partial charge in [-0.2, -0.15) is 5.26 Å². The van der Waals surface area contributed by atoms with Crippen LogP contribution in [-0.2, 0) is 32.0 Å². The van der Waals surface area contributed by atoms with Gasteiger partial charge in [0.1, 0.15) is 16.9 Å². The number of fused-ring (bicyclic) bond motifs is 3. The summed E-state index contributed by atoms with van der Waals surface area (Å²) in [5.41, 5.74) is 1.61. The van der Waals surface area contributed by atoms with Gasteiger partial charge in [-0.05, 0) is 56.4 Å². The molecule has 3 unspecified atom stereocenters. The maximum absolute atomic E-state index is 12.4. The first kappa shape index (κ1) is 20.1. The van der Waals surface area contributed by atoms with Gasteiger partial charge in [-0.15, -0.1) is 11.3 Å². The fraction of sp³-hybridized carbons (Fsp3) is 0.636. The summed E-state index contributed by atoms with van der Waals surface area (Å²) in [7, 11) is 0. The molecule has 154 valence electrons. The van der Waals surface area contributed by atoms with E-state index in [2.05, 4.69) is 18.3 Å². The number of nitrogens with zero attached hydrogens (tertiary/aromatic N) is 1. The standard InChI is InChI=1S/C22H26N2O4S/c1-12-5-6-16-17(10-23)21(29-18(16)7-12)24-19(25)11-28-22(27)15-8-13-3-2-4-14(9-15)20(13)26/h12-15H,2-9,11H2,1H3,(H,24,25). The lowest BCUT2D eigenvalue weighted by atomic mass is 9.67. The van der Waals surface area contributed by atoms with Gasteiger partial charge in [0.05, 0.1) is 11.5 Å². The number of hydrogen-bond donors (Lipinski definition) is 1. The number of Topliss-reactive ketones (excluding diaryl/α,β-unsaturated/α-hetero) is 1. The predicted molar refractivity (Wildman–Crippen MR) is 108 cm³/mol. The van der Waals surface area contributed by atoms with E-state index >= 15 is 0 Å². The second kappa shape index (κ2) is 8.27. The Kier molecular flexibility index (Phi) is 5.73. The number of ketones is 1. The van der Waals surface area contributed by atoms with Crippen LogP contribution in [0.4, 0.5) is 5.00 Å². The molecule has 3 aliphatic rings. The van der Waals surface area contributed by atoms with E-state index in [1.807, 2.05) is 0 Å². The Hall–Kier alpha value is -2.20. The molecule has 6 nitrogen and oxygen atoms in total. The zero-order chi connectivity index (χ0) is 20.5. The average molecular weight is 415 g/mol. The number of rotatable bonds is 4. The number of esters is 1. The summed E-state index contributed by atoms with van der Waals surface area (Å²) in [6.07, 6.45) is 6.71. The number of anilines is 1. The van der Waals surface area contributed by atoms with Crippen molar-refractivity contribution in [1.82, 2.24) is 0 Å². The highest BCUT2D eigenvalue weighted by Crippen LogP contribution is 2.41. The van der Waals surface area contributed by atoms with E-state index in [-0.39, 0.29) is 30.3 Å². The first-order valence-electron chi connectivity index (χ1n) is 10.5. The number of amides is 1. The van der Waals surface area contributed by atoms with Gasteiger partial charge in [0, 0.05) is 16.7 Å². The maximum Gasteiger partial charge on any atom is 0.309 e. The van der Waals surface area contributed by atoms with Gasteiger partial charge in [-0.25, -0.2) is 0 Å². The Morgan fingerprint density at radius 1 is 1.24 bits per heavy atom. The second-order valence-corrected chi connectivity index (χ2v) is 9.82. The van der Waals surface area contributed by atoms with Gasteiger partial charge >= 0.3 is 5.97 Å². The van der Waals surface area contributed by atoms with Gasteiger partial charge in [0.2, 0.25) is 0 Å². The van der Waals surface area contributed by atoms with Gasteiger partial charge in [0.15, 0.2) is 6.61 Å². The van der Waals surface area contributed by atoms with Crippen LogP contribution in [0.25, 0.3) is 0 Å². The van der Waals surface area contributed by atoms with Gasteiger partial charge < -0.3 is 10.1 Å². The van der Waals surface area contributed by atoms with E-state index < -0.39 is 5.91 Å². The van der Waals surface area contributed by atoms with E-state index in [4.69, 9.17) is 4.74 Å². The van der Waals surface area contributed by atoms with E-state index in [1.54, 1.807) is 0 Å². The van der Waals surface area contributed by atoms with E-state index in [1.165, 1.54) is 16.2 Å². The molecule has 0 saturated heterocycles. The lowest BCUT2D eigenvalue weighted by Crippen LogP contribution is -2.40. The Balaban J connectivity index is 1.33. The van der Waals surface area contributed by atoms with Crippen LogP contribution < -0.4 is 5.32 Å². The lowest BCUT2D eigenvalue weighted by molar-refractivity contribution is -0.155. The maximum atomic E-state index is 12.4. The van der Waals surface area contributed by atoms with Crippen LogP contribution in [0.2, 0.25) is 0 Å². The van der Waals surface area contributed by atoms with E-state index in [0.717, 1.165) is 44.1 Å². The average Bonchev–Trinajstić information content (AvgIpc) is 3.01. The number of carbonyl (C=O) groups excluding carboxylic acids is 3. The molecule has 4 rings (SSSR count). The summed E-state index contributed by atoms with van der Waals surface area (Å²) >= 11 is 1.46. The lowest BCUT2D eigenvalue weighted by Gasteiger charge is -2.36. The molecule has 1 heterocycles. The van der Waals surface area contributed by atoms with Crippen molar-refractivity contribution in [3.8, 4) is 6.07 Å². The summed E-state index contributed by atoms with van der Waals surface area (Å²) in [6.45, 7) is 1.84. The Labute approximate surface area is 174 Å². The Morgan fingerprint density at radius 3 is 2.66 bits per heavy atom. The molecule has 1 aromatic heterocycles. The number of nitrogens with one attached hydrogen (secondary N) is 1. The highest BCUT2D eigenvalue weighted by atomic mass is 32.1. The monoisotopic (exact) mass is 414 g/mol. The van der Waals surface area contributed by atoms with Crippen molar-refractivity contribution < 1.29 is 19.1 Å². The smallest absolute Gasteiger partial charge is 0.309 e. The second-order valence-electron chi connectivity index (χ2n) is 8.72. The molecule has 1 amide bonds. The topological polar surface area (TPSA) is 96.3 Å². The summed E-state index contributed by atoms with van der Waals surface area (Å²) in [4.78, 5) is 38.1. The molecule has 0 spiro atoms. The van der Waals surface area contributed by atoms with Crippen molar-refractivity contribution in [2.75, 3.05) is 11.9 Å². The number of carbonyl (C=O) groups is 3. The van der Waals surface area contributed by atoms with Crippen molar-refractivity contribution in [3.63, 3.8) is 0 Å². The molecular formula is C22H26N2O4S. The normalized spacial score (nSPS) is 28.2. The molecule has 3 atom stereocenters. The Bertz CT molecular complexity index is 868. The molecule has 0 radical (unpaired) electrons. The van der Waals surface area contributed by atoms with Crippen LogP contribution in [0.1, 0.15) is 61.5 Å². The van der Waals surface area contributed by atoms with Crippen LogP contribution in [0.3, 0.4) is 0 Å². The van der Waals surface area contributed by atoms with Crippen molar-refractivity contribution in [2.45, 2.75) is 58.3 Å². The molecule has 0 aromatic carbocycles. The zero-order valence-corrected chi connectivity index (χ0v) is 17.5. The van der Waals surface area contributed by atoms with Gasteiger partial charge in [-0.1, -0.05) is 13.3 Å². The Morgan fingerprint density at radius 2 is 1.97 bits per heavy atom. The minimum atomic E-state index is -0.423. The van der Waals surface area contributed by atoms with Crippen molar-refractivity contribution in [3.05, 3.63) is 16.0 Å². The van der Waals surface area contributed by atoms with Crippen molar-refractivity contribution >= 4 is 34.0 Å². The molecule has 3 aliphatic carbocycles. The van der Waals surface area contributed by atoms with Crippen molar-refractivity contribution in [2.24, 2.45) is 23.7 Å². The first-order chi connectivity index (χ1) is 14.0. The number of ether oxygens (including phenoxy) is 1. The summed E-state index contributed by atoms with van der Waals surface area (Å²) in [5.74, 6) is -0.255. The molecule has 7 heteroatoms. The van der Waals surface area contributed by atoms with Crippen LogP contribution in [0.15, 0.2) is 0 Å². The summed E-state index contributed by atoms with van der Waals surface area (Å²) in [6, 6.07) is 2.22. The third-order valence-electron chi connectivity index (χ3n) is 6.60. The molecular weight excluding hydrogens is 388 g/mol. The third-order valence-corrected chi connectivity index (χ3v) is 7.77. The zero-order valence-electron chi connectivity index (χ0n) is 16.7. The highest BCUT2D eigenvalue weighted by Gasteiger charge is 2.41. The van der Waals surface area contributed by atoms with Crippen LogP contribution >= 0.6 is 11.3 Å². The number of thiophene rings is 1. The van der Waals surface area contributed by atoms with Gasteiger partial charge in [-0.3, -0.25) is 14.4 Å². The largest absolute Gasteiger partial charge is 0.455 e. The van der Waals surface area contributed by atoms with Crippen LogP contribution in [-0.4, -0.2) is 24.3 Å². The van der Waals surface area contributed by atoms with E-state index in [0.29, 0.717) is 35.1 Å². The third kappa shape index (κ3) is 4.09. The summed E-state index contributed by atoms with van der Waals surface area (Å²) in [5, 5.41) is 12.8. The SMILES string of the molecule is CC1CCc2c(sc(NC(=O)COC(=O)C3CC4CCCC(C3)C4=O)c2C#N)C1.